The molecule has 0 N–H and O–H groups in total. The molecule has 0 bridgehead atoms. The second kappa shape index (κ2) is 4.18. The Morgan fingerprint density at radius 2 is 2.00 bits per heavy atom. The third-order valence-corrected chi connectivity index (χ3v) is 3.60. The van der Waals surface area contributed by atoms with Crippen molar-refractivity contribution in [1.29, 1.82) is 0 Å². The van der Waals surface area contributed by atoms with Gasteiger partial charge >= 0.3 is 0 Å². The van der Waals surface area contributed by atoms with Crippen LogP contribution in [0.1, 0.15) is 10.7 Å². The number of imidazole rings is 1. The molecule has 2 nitrogen and oxygen atoms in total. The average Bonchev–Trinajstić information content (AvgIpc) is 2.96. The number of para-hydroxylation sites is 2. The van der Waals surface area contributed by atoms with Gasteiger partial charge in [-0.2, -0.15) is 0 Å². The number of thiophene rings is 1. The first kappa shape index (κ1) is 10.3. The van der Waals surface area contributed by atoms with Gasteiger partial charge in [-0.25, -0.2) is 4.98 Å². The maximum Gasteiger partial charge on any atom is 0.133 e. The summed E-state index contributed by atoms with van der Waals surface area (Å²) in [5, 5.41) is 2.08. The fourth-order valence-electron chi connectivity index (χ4n) is 1.86. The van der Waals surface area contributed by atoms with Gasteiger partial charge in [0.2, 0.25) is 0 Å². The van der Waals surface area contributed by atoms with Gasteiger partial charge in [0.1, 0.15) is 5.82 Å². The smallest absolute Gasteiger partial charge is 0.133 e. The van der Waals surface area contributed by atoms with Crippen LogP contribution in [0.3, 0.4) is 0 Å². The maximum absolute atomic E-state index is 4.59. The number of hydrogen-bond acceptors (Lipinski definition) is 2. The molecule has 0 unspecified atom stereocenters. The fraction of sp³-hybridized carbons (Fsp3) is 0.0714. The minimum atomic E-state index is 0.986. The zero-order chi connectivity index (χ0) is 11.7. The Morgan fingerprint density at radius 1 is 1.12 bits per heavy atom. The highest BCUT2D eigenvalue weighted by Crippen LogP contribution is 2.17. The van der Waals surface area contributed by atoms with E-state index in [0.29, 0.717) is 0 Å². The molecule has 0 radical (unpaired) electrons. The van der Waals surface area contributed by atoms with Gasteiger partial charge in [0.15, 0.2) is 0 Å². The molecule has 2 aromatic heterocycles. The molecule has 2 heterocycles. The van der Waals surface area contributed by atoms with Crippen molar-refractivity contribution in [2.45, 2.75) is 0 Å². The monoisotopic (exact) mass is 240 g/mol. The van der Waals surface area contributed by atoms with Gasteiger partial charge in [-0.15, -0.1) is 11.3 Å². The van der Waals surface area contributed by atoms with Crippen molar-refractivity contribution in [3.8, 4) is 0 Å². The third-order valence-electron chi connectivity index (χ3n) is 2.76. The lowest BCUT2D eigenvalue weighted by Crippen LogP contribution is -1.90. The zero-order valence-electron chi connectivity index (χ0n) is 9.50. The molecule has 1 aromatic carbocycles. The number of fused-ring (bicyclic) bond motifs is 1. The van der Waals surface area contributed by atoms with Gasteiger partial charge in [-0.3, -0.25) is 0 Å². The number of hydrogen-bond donors (Lipinski definition) is 0. The summed E-state index contributed by atoms with van der Waals surface area (Å²) < 4.78 is 2.11. The average molecular weight is 240 g/mol. The number of aryl methyl sites for hydroxylation is 1. The van der Waals surface area contributed by atoms with Crippen molar-refractivity contribution in [3.63, 3.8) is 0 Å². The summed E-state index contributed by atoms with van der Waals surface area (Å²) in [6, 6.07) is 12.3. The first-order valence-corrected chi connectivity index (χ1v) is 6.35. The van der Waals surface area contributed by atoms with E-state index in [1.807, 2.05) is 25.2 Å². The SMILES string of the molecule is Cn1c(/C=C/c2cccs2)nc2ccccc21. The Balaban J connectivity index is 2.03. The highest BCUT2D eigenvalue weighted by atomic mass is 32.1. The van der Waals surface area contributed by atoms with Gasteiger partial charge in [0.25, 0.3) is 0 Å². The molecule has 3 heteroatoms. The van der Waals surface area contributed by atoms with E-state index in [4.69, 9.17) is 0 Å². The molecular weight excluding hydrogens is 228 g/mol. The van der Waals surface area contributed by atoms with Crippen molar-refractivity contribution >= 4 is 34.5 Å². The molecule has 0 aliphatic carbocycles. The van der Waals surface area contributed by atoms with E-state index >= 15 is 0 Å². The van der Waals surface area contributed by atoms with Crippen LogP contribution in [0.5, 0.6) is 0 Å². The first-order chi connectivity index (χ1) is 8.34. The Kier molecular flexibility index (Phi) is 2.53. The highest BCUT2D eigenvalue weighted by molar-refractivity contribution is 7.10. The van der Waals surface area contributed by atoms with Crippen molar-refractivity contribution in [2.75, 3.05) is 0 Å². The van der Waals surface area contributed by atoms with Gasteiger partial charge in [0.05, 0.1) is 11.0 Å². The standard InChI is InChI=1S/C14H12N2S/c1-16-13-7-3-2-6-12(13)15-14(16)9-8-11-5-4-10-17-11/h2-10H,1H3/b9-8+. The largest absolute Gasteiger partial charge is 0.328 e. The molecule has 3 aromatic rings. The molecule has 0 spiro atoms. The van der Waals surface area contributed by atoms with Crippen LogP contribution in [-0.4, -0.2) is 9.55 Å². The normalized spacial score (nSPS) is 11.6. The molecule has 0 amide bonds. The van der Waals surface area contributed by atoms with Gasteiger partial charge in [0, 0.05) is 11.9 Å². The Labute approximate surface area is 104 Å². The molecule has 3 rings (SSSR count). The number of benzene rings is 1. The topological polar surface area (TPSA) is 17.8 Å². The summed E-state index contributed by atoms with van der Waals surface area (Å²) in [4.78, 5) is 5.84. The van der Waals surface area contributed by atoms with Crippen LogP contribution in [-0.2, 0) is 7.05 Å². The third kappa shape index (κ3) is 1.89. The lowest BCUT2D eigenvalue weighted by Gasteiger charge is -1.95. The van der Waals surface area contributed by atoms with Crippen LogP contribution in [0, 0.1) is 0 Å². The predicted octanol–water partition coefficient (Wildman–Crippen LogP) is 3.81. The van der Waals surface area contributed by atoms with Crippen molar-refractivity contribution in [3.05, 3.63) is 52.5 Å². The lowest BCUT2D eigenvalue weighted by atomic mass is 10.3. The van der Waals surface area contributed by atoms with Crippen LogP contribution in [0.15, 0.2) is 41.8 Å². The minimum absolute atomic E-state index is 0.986. The fourth-order valence-corrected chi connectivity index (χ4v) is 2.47. The molecule has 84 valence electrons. The predicted molar refractivity (Wildman–Crippen MR) is 74.0 cm³/mol. The van der Waals surface area contributed by atoms with Crippen molar-refractivity contribution in [1.82, 2.24) is 9.55 Å². The summed E-state index contributed by atoms with van der Waals surface area (Å²) >= 11 is 1.73. The summed E-state index contributed by atoms with van der Waals surface area (Å²) in [6.45, 7) is 0. The summed E-state index contributed by atoms with van der Waals surface area (Å²) in [5.74, 6) is 0.986. The number of aromatic nitrogens is 2. The van der Waals surface area contributed by atoms with E-state index in [1.54, 1.807) is 11.3 Å². The molecule has 0 saturated heterocycles. The molecule has 0 saturated carbocycles. The summed E-state index contributed by atoms with van der Waals surface area (Å²) in [7, 11) is 2.05. The van der Waals surface area contributed by atoms with Crippen molar-refractivity contribution in [2.24, 2.45) is 7.05 Å². The lowest BCUT2D eigenvalue weighted by molar-refractivity contribution is 0.930. The number of rotatable bonds is 2. The quantitative estimate of drug-likeness (QED) is 0.666. The maximum atomic E-state index is 4.59. The van der Waals surface area contributed by atoms with Crippen molar-refractivity contribution < 1.29 is 0 Å². The second-order valence-corrected chi connectivity index (χ2v) is 4.85. The van der Waals surface area contributed by atoms with Gasteiger partial charge < -0.3 is 4.57 Å². The van der Waals surface area contributed by atoms with Crippen LogP contribution in [0.2, 0.25) is 0 Å². The molecule has 17 heavy (non-hydrogen) atoms. The Hall–Kier alpha value is -1.87. The molecule has 0 aliphatic rings. The highest BCUT2D eigenvalue weighted by Gasteiger charge is 2.03. The first-order valence-electron chi connectivity index (χ1n) is 5.47. The Bertz CT molecular complexity index is 663. The molecule has 0 atom stereocenters. The number of nitrogens with zero attached hydrogens (tertiary/aromatic N) is 2. The van der Waals surface area contributed by atoms with E-state index in [-0.39, 0.29) is 0 Å². The Morgan fingerprint density at radius 3 is 2.76 bits per heavy atom. The zero-order valence-corrected chi connectivity index (χ0v) is 10.3. The van der Waals surface area contributed by atoms with E-state index < -0.39 is 0 Å². The summed E-state index contributed by atoms with van der Waals surface area (Å²) in [5.41, 5.74) is 2.21. The van der Waals surface area contributed by atoms with Gasteiger partial charge in [-0.05, 0) is 35.7 Å². The van der Waals surface area contributed by atoms with Crippen LogP contribution in [0.25, 0.3) is 23.2 Å². The summed E-state index contributed by atoms with van der Waals surface area (Å²) in [6.07, 6.45) is 4.16. The van der Waals surface area contributed by atoms with Gasteiger partial charge in [-0.1, -0.05) is 18.2 Å². The van der Waals surface area contributed by atoms with Crippen LogP contribution >= 0.6 is 11.3 Å². The molecule has 0 aliphatic heterocycles. The van der Waals surface area contributed by atoms with E-state index in [0.717, 1.165) is 11.3 Å². The van der Waals surface area contributed by atoms with E-state index in [1.165, 1.54) is 10.4 Å². The van der Waals surface area contributed by atoms with E-state index in [2.05, 4.69) is 45.3 Å². The van der Waals surface area contributed by atoms with E-state index in [9.17, 15) is 0 Å². The van der Waals surface area contributed by atoms with Crippen LogP contribution < -0.4 is 0 Å². The van der Waals surface area contributed by atoms with Crippen LogP contribution in [0.4, 0.5) is 0 Å². The second-order valence-electron chi connectivity index (χ2n) is 3.87. The molecular formula is C14H12N2S. The molecule has 0 fully saturated rings. The minimum Gasteiger partial charge on any atom is -0.328 e.